The molecule has 0 spiro atoms. The van der Waals surface area contributed by atoms with Crippen LogP contribution in [0.4, 0.5) is 17.6 Å². The minimum atomic E-state index is -1.68. The molecule has 0 radical (unpaired) electrons. The Labute approximate surface area is 117 Å². The lowest BCUT2D eigenvalue weighted by molar-refractivity contribution is 0.170. The summed E-state index contributed by atoms with van der Waals surface area (Å²) in [5.41, 5.74) is -0.478. The second-order valence-corrected chi connectivity index (χ2v) is 4.59. The van der Waals surface area contributed by atoms with Gasteiger partial charge in [-0.05, 0) is 18.2 Å². The van der Waals surface area contributed by atoms with Crippen LogP contribution in [0, 0.1) is 23.3 Å². The predicted molar refractivity (Wildman–Crippen MR) is 66.4 cm³/mol. The first-order chi connectivity index (χ1) is 9.41. The Morgan fingerprint density at radius 2 is 1.65 bits per heavy atom. The fourth-order valence-electron chi connectivity index (χ4n) is 1.83. The topological polar surface area (TPSA) is 20.2 Å². The molecule has 1 atom stereocenters. The molecule has 0 saturated carbocycles. The number of hydrogen-bond acceptors (Lipinski definition) is 1. The van der Waals surface area contributed by atoms with E-state index in [2.05, 4.69) is 0 Å². The molecule has 2 aromatic carbocycles. The van der Waals surface area contributed by atoms with Crippen LogP contribution in [-0.4, -0.2) is 5.11 Å². The first-order valence-corrected chi connectivity index (χ1v) is 6.04. The van der Waals surface area contributed by atoms with E-state index in [4.69, 9.17) is 11.6 Å². The van der Waals surface area contributed by atoms with E-state index in [0.717, 1.165) is 12.1 Å². The van der Waals surface area contributed by atoms with Crippen LogP contribution in [0.1, 0.15) is 17.2 Å². The van der Waals surface area contributed by atoms with Crippen molar-refractivity contribution in [2.24, 2.45) is 0 Å². The lowest BCUT2D eigenvalue weighted by Gasteiger charge is -2.14. The van der Waals surface area contributed by atoms with Crippen molar-refractivity contribution in [3.05, 3.63) is 69.8 Å². The maximum Gasteiger partial charge on any atom is 0.194 e. The van der Waals surface area contributed by atoms with Gasteiger partial charge in [0, 0.05) is 22.6 Å². The highest BCUT2D eigenvalue weighted by Crippen LogP contribution is 2.28. The first-order valence-electron chi connectivity index (χ1n) is 5.66. The van der Waals surface area contributed by atoms with Gasteiger partial charge in [0.15, 0.2) is 17.5 Å². The minimum Gasteiger partial charge on any atom is -0.388 e. The van der Waals surface area contributed by atoms with Crippen LogP contribution < -0.4 is 0 Å². The zero-order valence-corrected chi connectivity index (χ0v) is 10.8. The third-order valence-corrected chi connectivity index (χ3v) is 3.24. The van der Waals surface area contributed by atoms with Crippen molar-refractivity contribution >= 4 is 11.6 Å². The summed E-state index contributed by atoms with van der Waals surface area (Å²) in [7, 11) is 0. The van der Waals surface area contributed by atoms with Crippen molar-refractivity contribution in [3.8, 4) is 0 Å². The SMILES string of the molecule is OC(Cc1c(F)cccc1Cl)c1ccc(F)c(F)c1F. The number of aliphatic hydroxyl groups is 1. The van der Waals surface area contributed by atoms with Gasteiger partial charge in [0.1, 0.15) is 5.82 Å². The molecule has 0 bridgehead atoms. The van der Waals surface area contributed by atoms with Crippen LogP contribution in [-0.2, 0) is 6.42 Å². The molecule has 0 amide bonds. The lowest BCUT2D eigenvalue weighted by Crippen LogP contribution is -2.08. The molecule has 0 saturated heterocycles. The van der Waals surface area contributed by atoms with Crippen molar-refractivity contribution < 1.29 is 22.7 Å². The predicted octanol–water partition coefficient (Wildman–Crippen LogP) is 4.17. The fraction of sp³-hybridized carbons (Fsp3) is 0.143. The van der Waals surface area contributed by atoms with Gasteiger partial charge in [-0.15, -0.1) is 0 Å². The van der Waals surface area contributed by atoms with Crippen LogP contribution in [0.3, 0.4) is 0 Å². The smallest absolute Gasteiger partial charge is 0.194 e. The molecule has 0 aliphatic carbocycles. The zero-order valence-electron chi connectivity index (χ0n) is 10.0. The fourth-order valence-corrected chi connectivity index (χ4v) is 2.07. The molecule has 0 aromatic heterocycles. The summed E-state index contributed by atoms with van der Waals surface area (Å²) in [6.45, 7) is 0. The van der Waals surface area contributed by atoms with E-state index >= 15 is 0 Å². The average molecular weight is 305 g/mol. The molecule has 0 aliphatic rings. The second kappa shape index (κ2) is 5.81. The highest BCUT2D eigenvalue weighted by atomic mass is 35.5. The average Bonchev–Trinajstić information content (AvgIpc) is 2.40. The molecule has 106 valence electrons. The Morgan fingerprint density at radius 1 is 0.950 bits per heavy atom. The van der Waals surface area contributed by atoms with Crippen LogP contribution in [0.2, 0.25) is 5.02 Å². The molecule has 1 nitrogen and oxygen atoms in total. The summed E-state index contributed by atoms with van der Waals surface area (Å²) < 4.78 is 53.0. The molecular weight excluding hydrogens is 296 g/mol. The zero-order chi connectivity index (χ0) is 14.9. The maximum atomic E-state index is 13.5. The highest BCUT2D eigenvalue weighted by Gasteiger charge is 2.21. The van der Waals surface area contributed by atoms with Gasteiger partial charge >= 0.3 is 0 Å². The van der Waals surface area contributed by atoms with Gasteiger partial charge in [0.2, 0.25) is 0 Å². The van der Waals surface area contributed by atoms with Crippen LogP contribution >= 0.6 is 11.6 Å². The van der Waals surface area contributed by atoms with Gasteiger partial charge in [-0.25, -0.2) is 17.6 Å². The molecule has 6 heteroatoms. The number of benzene rings is 2. The van der Waals surface area contributed by atoms with E-state index in [0.29, 0.717) is 6.07 Å². The molecule has 20 heavy (non-hydrogen) atoms. The van der Waals surface area contributed by atoms with Crippen LogP contribution in [0.15, 0.2) is 30.3 Å². The molecular formula is C14H9ClF4O. The van der Waals surface area contributed by atoms with E-state index in [-0.39, 0.29) is 17.0 Å². The maximum absolute atomic E-state index is 13.5. The van der Waals surface area contributed by atoms with Gasteiger partial charge in [-0.3, -0.25) is 0 Å². The Bertz CT molecular complexity index is 625. The van der Waals surface area contributed by atoms with Crippen molar-refractivity contribution in [1.29, 1.82) is 0 Å². The second-order valence-electron chi connectivity index (χ2n) is 4.18. The largest absolute Gasteiger partial charge is 0.388 e. The monoisotopic (exact) mass is 304 g/mol. The van der Waals surface area contributed by atoms with Crippen molar-refractivity contribution in [3.63, 3.8) is 0 Å². The molecule has 0 fully saturated rings. The van der Waals surface area contributed by atoms with E-state index in [1.165, 1.54) is 12.1 Å². The van der Waals surface area contributed by atoms with Crippen LogP contribution in [0.25, 0.3) is 0 Å². The first kappa shape index (κ1) is 14.8. The summed E-state index contributed by atoms with van der Waals surface area (Å²) in [5, 5.41) is 9.93. The summed E-state index contributed by atoms with van der Waals surface area (Å²) in [5.74, 6) is -5.20. The minimum absolute atomic E-state index is 0.0224. The molecule has 0 aliphatic heterocycles. The molecule has 1 unspecified atom stereocenters. The van der Waals surface area contributed by atoms with Crippen LogP contribution in [0.5, 0.6) is 0 Å². The van der Waals surface area contributed by atoms with E-state index in [1.807, 2.05) is 0 Å². The molecule has 0 heterocycles. The number of rotatable bonds is 3. The van der Waals surface area contributed by atoms with E-state index in [9.17, 15) is 22.7 Å². The number of halogens is 5. The number of aliphatic hydroxyl groups excluding tert-OH is 1. The summed E-state index contributed by atoms with van der Waals surface area (Å²) in [6, 6.07) is 5.53. The third kappa shape index (κ3) is 2.78. The third-order valence-electron chi connectivity index (χ3n) is 2.88. The van der Waals surface area contributed by atoms with E-state index < -0.39 is 34.9 Å². The number of hydrogen-bond donors (Lipinski definition) is 1. The van der Waals surface area contributed by atoms with Crippen molar-refractivity contribution in [2.75, 3.05) is 0 Å². The van der Waals surface area contributed by atoms with Gasteiger partial charge in [-0.1, -0.05) is 23.7 Å². The lowest BCUT2D eigenvalue weighted by atomic mass is 10.0. The Hall–Kier alpha value is -1.59. The summed E-state index contributed by atoms with van der Waals surface area (Å²) in [6.07, 6.45) is -1.90. The molecule has 1 N–H and O–H groups in total. The highest BCUT2D eigenvalue weighted by molar-refractivity contribution is 6.31. The summed E-state index contributed by atoms with van der Waals surface area (Å²) >= 11 is 5.78. The van der Waals surface area contributed by atoms with Gasteiger partial charge in [0.05, 0.1) is 6.10 Å². The molecule has 2 aromatic rings. The summed E-state index contributed by atoms with van der Waals surface area (Å²) in [4.78, 5) is 0. The van der Waals surface area contributed by atoms with Gasteiger partial charge in [-0.2, -0.15) is 0 Å². The van der Waals surface area contributed by atoms with E-state index in [1.54, 1.807) is 0 Å². The molecule has 2 rings (SSSR count). The normalized spacial score (nSPS) is 12.5. The van der Waals surface area contributed by atoms with Crippen molar-refractivity contribution in [1.82, 2.24) is 0 Å². The standard InChI is InChI=1S/C14H9ClF4O/c15-9-2-1-3-10(16)8(9)6-12(20)7-4-5-11(17)14(19)13(7)18/h1-5,12,20H,6H2. The van der Waals surface area contributed by atoms with Gasteiger partial charge in [0.25, 0.3) is 0 Å². The Morgan fingerprint density at radius 3 is 2.30 bits per heavy atom. The van der Waals surface area contributed by atoms with Crippen molar-refractivity contribution in [2.45, 2.75) is 12.5 Å². The quantitative estimate of drug-likeness (QED) is 0.666. The Balaban J connectivity index is 2.34. The Kier molecular flexibility index (Phi) is 4.30. The van der Waals surface area contributed by atoms with Gasteiger partial charge < -0.3 is 5.11 Å².